The number of rotatable bonds is 12. The van der Waals surface area contributed by atoms with Gasteiger partial charge in [0.1, 0.15) is 24.0 Å². The number of benzene rings is 1. The van der Waals surface area contributed by atoms with Gasteiger partial charge >= 0.3 is 19.9 Å². The summed E-state index contributed by atoms with van der Waals surface area (Å²) in [5, 5.41) is 16.1. The molecule has 0 bridgehead atoms. The van der Waals surface area contributed by atoms with Crippen LogP contribution in [0.3, 0.4) is 0 Å². The molecule has 1 saturated carbocycles. The number of fused-ring (bicyclic) bond motifs is 1. The number of halogens is 4. The van der Waals surface area contributed by atoms with Crippen LogP contribution in [0.4, 0.5) is 29.3 Å². The van der Waals surface area contributed by atoms with Gasteiger partial charge < -0.3 is 30.2 Å². The molecule has 3 aromatic rings. The molecule has 3 heterocycles. The number of alkyl halides is 4. The number of aliphatic hydroxyl groups excluding tert-OH is 1. The Morgan fingerprint density at radius 1 is 1.30 bits per heavy atom. The summed E-state index contributed by atoms with van der Waals surface area (Å²) >= 11 is 0. The van der Waals surface area contributed by atoms with E-state index in [1.807, 2.05) is 0 Å². The van der Waals surface area contributed by atoms with Crippen LogP contribution in [0.1, 0.15) is 32.9 Å². The van der Waals surface area contributed by atoms with Gasteiger partial charge in [0.25, 0.3) is 5.67 Å². The normalized spacial score (nSPS) is 25.8. The number of hydrogen-bond acceptors (Lipinski definition) is 12. The van der Waals surface area contributed by atoms with Crippen molar-refractivity contribution in [3.63, 3.8) is 0 Å². The monoisotopic (exact) mass is 647 g/mol. The van der Waals surface area contributed by atoms with Crippen molar-refractivity contribution in [2.75, 3.05) is 24.3 Å². The molecule has 240 valence electrons. The van der Waals surface area contributed by atoms with E-state index < -0.39 is 56.6 Å². The molecule has 14 nitrogen and oxygen atoms in total. The molecule has 1 aliphatic heterocycles. The number of esters is 1. The zero-order valence-corrected chi connectivity index (χ0v) is 24.3. The maximum absolute atomic E-state index is 16.1. The topological polar surface area (TPSA) is 185 Å². The van der Waals surface area contributed by atoms with Crippen molar-refractivity contribution in [1.82, 2.24) is 24.6 Å². The second kappa shape index (κ2) is 12.1. The number of anilines is 2. The first-order chi connectivity index (χ1) is 20.8. The maximum Gasteiger partial charge on any atom is 0.459 e. The van der Waals surface area contributed by atoms with Gasteiger partial charge in [-0.25, -0.2) is 13.9 Å². The Balaban J connectivity index is 1.44. The van der Waals surface area contributed by atoms with Gasteiger partial charge in [0.2, 0.25) is 5.95 Å². The van der Waals surface area contributed by atoms with Crippen LogP contribution >= 0.6 is 7.75 Å². The summed E-state index contributed by atoms with van der Waals surface area (Å²) < 4.78 is 94.6. The third-order valence-corrected chi connectivity index (χ3v) is 8.50. The fourth-order valence-electron chi connectivity index (χ4n) is 4.53. The largest absolute Gasteiger partial charge is 0.465 e. The third kappa shape index (κ3) is 6.30. The standard InChI is InChI=1S/C25H30F4N7O7P/c1-3-40-21(38)13(2)35-44(39,43-15-7-5-4-6-8-15)41-11-16-18(37)24(26,25(27,28)29)22(42-16)36-12-31-17-19(32-14-9-10-14)33-23(30)34-20(17)36/h4-8,12-14,16,18,22,37H,3,9-11H2,1-2H3,(H,35,39)(H3,30,32,33,34)/t13-,16+,18+,22+,24+,44+/m0/s1. The van der Waals surface area contributed by atoms with Crippen molar-refractivity contribution in [3.05, 3.63) is 36.7 Å². The highest BCUT2D eigenvalue weighted by Crippen LogP contribution is 2.53. The van der Waals surface area contributed by atoms with Gasteiger partial charge in [0.05, 0.1) is 19.5 Å². The van der Waals surface area contributed by atoms with E-state index in [0.717, 1.165) is 19.2 Å². The number of imidazole rings is 1. The van der Waals surface area contributed by atoms with Gasteiger partial charge in [-0.3, -0.25) is 13.9 Å². The third-order valence-electron chi connectivity index (χ3n) is 6.86. The number of nitrogens with two attached hydrogens (primary N) is 1. The fraction of sp³-hybridized carbons (Fsp3) is 0.520. The Morgan fingerprint density at radius 3 is 2.64 bits per heavy atom. The molecular weight excluding hydrogens is 617 g/mol. The summed E-state index contributed by atoms with van der Waals surface area (Å²) in [6.07, 6.45) is -10.6. The Bertz CT molecular complexity index is 1540. The lowest BCUT2D eigenvalue weighted by Crippen LogP contribution is -2.54. The molecular formula is C25H30F4N7O7P. The predicted molar refractivity (Wildman–Crippen MR) is 146 cm³/mol. The van der Waals surface area contributed by atoms with E-state index in [4.69, 9.17) is 24.3 Å². The van der Waals surface area contributed by atoms with Crippen LogP contribution in [0.25, 0.3) is 11.2 Å². The second-order valence-electron chi connectivity index (χ2n) is 10.2. The predicted octanol–water partition coefficient (Wildman–Crippen LogP) is 3.26. The molecule has 2 aromatic heterocycles. The molecule has 0 spiro atoms. The van der Waals surface area contributed by atoms with Crippen molar-refractivity contribution < 1.29 is 50.5 Å². The number of aromatic nitrogens is 4. The molecule has 5 N–H and O–H groups in total. The van der Waals surface area contributed by atoms with Crippen LogP contribution in [-0.4, -0.2) is 79.9 Å². The number of ether oxygens (including phenoxy) is 2. The number of nitrogens with zero attached hydrogens (tertiary/aromatic N) is 4. The summed E-state index contributed by atoms with van der Waals surface area (Å²) in [4.78, 5) is 24.2. The number of nitrogens with one attached hydrogen (secondary N) is 2. The average Bonchev–Trinajstić information content (AvgIpc) is 3.61. The van der Waals surface area contributed by atoms with Gasteiger partial charge in [0.15, 0.2) is 23.2 Å². The molecule has 6 atom stereocenters. The van der Waals surface area contributed by atoms with Gasteiger partial charge in [0, 0.05) is 6.04 Å². The summed E-state index contributed by atoms with van der Waals surface area (Å²) in [5.41, 5.74) is 1.09. The lowest BCUT2D eigenvalue weighted by molar-refractivity contribution is -0.273. The van der Waals surface area contributed by atoms with Crippen LogP contribution in [0.5, 0.6) is 5.75 Å². The molecule has 1 saturated heterocycles. The first-order valence-electron chi connectivity index (χ1n) is 13.5. The quantitative estimate of drug-likeness (QED) is 0.128. The van der Waals surface area contributed by atoms with E-state index in [-0.39, 0.29) is 41.3 Å². The minimum atomic E-state index is -5.67. The summed E-state index contributed by atoms with van der Waals surface area (Å²) in [6.45, 7) is 1.78. The summed E-state index contributed by atoms with van der Waals surface area (Å²) in [7, 11) is -4.59. The van der Waals surface area contributed by atoms with Crippen LogP contribution in [0.2, 0.25) is 0 Å². The molecule has 0 radical (unpaired) electrons. The van der Waals surface area contributed by atoms with Gasteiger partial charge in [-0.05, 0) is 38.8 Å². The van der Waals surface area contributed by atoms with E-state index in [0.29, 0.717) is 4.57 Å². The summed E-state index contributed by atoms with van der Waals surface area (Å²) in [5.74, 6) is -0.991. The number of nitrogen functional groups attached to an aromatic ring is 1. The van der Waals surface area contributed by atoms with Gasteiger partial charge in [-0.15, -0.1) is 0 Å². The smallest absolute Gasteiger partial charge is 0.459 e. The molecule has 44 heavy (non-hydrogen) atoms. The molecule has 19 heteroatoms. The number of para-hydroxylation sites is 1. The minimum absolute atomic E-state index is 0.00586. The van der Waals surface area contributed by atoms with Crippen molar-refractivity contribution >= 4 is 36.6 Å². The zero-order valence-electron chi connectivity index (χ0n) is 23.4. The van der Waals surface area contributed by atoms with Crippen molar-refractivity contribution in [2.24, 2.45) is 0 Å². The van der Waals surface area contributed by atoms with E-state index in [9.17, 15) is 27.6 Å². The van der Waals surface area contributed by atoms with Crippen LogP contribution < -0.4 is 20.7 Å². The second-order valence-corrected chi connectivity index (χ2v) is 11.9. The van der Waals surface area contributed by atoms with Crippen molar-refractivity contribution in [1.29, 1.82) is 0 Å². The minimum Gasteiger partial charge on any atom is -0.465 e. The highest BCUT2D eigenvalue weighted by Gasteiger charge is 2.73. The van der Waals surface area contributed by atoms with E-state index in [1.54, 1.807) is 25.1 Å². The first kappa shape index (κ1) is 31.8. The highest BCUT2D eigenvalue weighted by molar-refractivity contribution is 7.52. The molecule has 2 fully saturated rings. The molecule has 2 aliphatic rings. The SMILES string of the molecule is CCOC(=O)[C@H](C)N[P@@](=O)(OC[C@H]1O[C@@H](n2cnc3c(NC4CC4)nc(N)nc32)[C@@](F)(C(F)(F)F)[C@@H]1O)Oc1ccccc1. The lowest BCUT2D eigenvalue weighted by atomic mass is 9.95. The van der Waals surface area contributed by atoms with Crippen LogP contribution in [0, 0.1) is 0 Å². The number of aliphatic hydroxyl groups is 1. The number of carbonyl (C=O) groups is 1. The molecule has 0 amide bonds. The Labute approximate surface area is 247 Å². The first-order valence-corrected chi connectivity index (χ1v) is 15.1. The highest BCUT2D eigenvalue weighted by atomic mass is 31.2. The fourth-order valence-corrected chi connectivity index (χ4v) is 6.03. The number of carbonyl (C=O) groups excluding carboxylic acids is 1. The summed E-state index contributed by atoms with van der Waals surface area (Å²) in [6, 6.07) is 6.34. The Kier molecular flexibility index (Phi) is 8.74. The molecule has 0 unspecified atom stereocenters. The lowest BCUT2D eigenvalue weighted by Gasteiger charge is -2.31. The van der Waals surface area contributed by atoms with Gasteiger partial charge in [-0.1, -0.05) is 18.2 Å². The van der Waals surface area contributed by atoms with Crippen molar-refractivity contribution in [2.45, 2.75) is 69.1 Å². The van der Waals surface area contributed by atoms with E-state index >= 15 is 4.39 Å². The van der Waals surface area contributed by atoms with E-state index in [1.165, 1.54) is 19.1 Å². The zero-order chi connectivity index (χ0) is 31.9. The van der Waals surface area contributed by atoms with E-state index in [2.05, 4.69) is 25.4 Å². The Morgan fingerprint density at radius 2 is 2.00 bits per heavy atom. The average molecular weight is 648 g/mol. The number of hydrogen-bond donors (Lipinski definition) is 4. The van der Waals surface area contributed by atoms with Gasteiger partial charge in [-0.2, -0.15) is 28.2 Å². The molecule has 1 aliphatic carbocycles. The molecule has 1 aromatic carbocycles. The van der Waals surface area contributed by atoms with Crippen LogP contribution in [0.15, 0.2) is 36.7 Å². The maximum atomic E-state index is 16.1. The molecule has 5 rings (SSSR count). The van der Waals surface area contributed by atoms with Crippen molar-refractivity contribution in [3.8, 4) is 5.75 Å². The Hall–Kier alpha value is -3.57. The van der Waals surface area contributed by atoms with Crippen LogP contribution in [-0.2, 0) is 23.4 Å².